The van der Waals surface area contributed by atoms with Gasteiger partial charge in [-0.3, -0.25) is 14.2 Å². The number of aromatic amines is 1. The maximum absolute atomic E-state index is 12.8. The van der Waals surface area contributed by atoms with Crippen molar-refractivity contribution in [1.82, 2.24) is 14.9 Å². The highest BCUT2D eigenvalue weighted by Crippen LogP contribution is 2.16. The number of benzene rings is 2. The lowest BCUT2D eigenvalue weighted by atomic mass is 10.1. The number of methoxy groups -OCH3 is 1. The summed E-state index contributed by atoms with van der Waals surface area (Å²) in [4.78, 5) is 54.0. The SMILES string of the molecule is CCN(CCCNC(=O)CCCCCn1c(=O)[nH]c2cc(C(=O)OC)ccc2c1=O)c1cccc(C)c1. The van der Waals surface area contributed by atoms with Crippen LogP contribution in [0.25, 0.3) is 10.9 Å². The van der Waals surface area contributed by atoms with E-state index in [2.05, 4.69) is 58.1 Å². The van der Waals surface area contributed by atoms with Gasteiger partial charge in [0.15, 0.2) is 0 Å². The van der Waals surface area contributed by atoms with E-state index in [1.165, 1.54) is 36.6 Å². The summed E-state index contributed by atoms with van der Waals surface area (Å²) in [6.07, 6.45) is 3.27. The summed E-state index contributed by atoms with van der Waals surface area (Å²) in [6, 6.07) is 12.9. The van der Waals surface area contributed by atoms with Crippen molar-refractivity contribution in [2.75, 3.05) is 31.6 Å². The van der Waals surface area contributed by atoms with Gasteiger partial charge in [0.05, 0.1) is 23.6 Å². The molecule has 3 aromatic rings. The number of aromatic nitrogens is 2. The number of hydrogen-bond acceptors (Lipinski definition) is 6. The molecule has 1 heterocycles. The molecule has 0 atom stereocenters. The van der Waals surface area contributed by atoms with Crippen LogP contribution in [0, 0.1) is 6.92 Å². The minimum absolute atomic E-state index is 0.0146. The van der Waals surface area contributed by atoms with Crippen molar-refractivity contribution in [3.63, 3.8) is 0 Å². The first kappa shape index (κ1) is 27.7. The molecular weight excluding hydrogens is 472 g/mol. The molecule has 1 amide bonds. The summed E-state index contributed by atoms with van der Waals surface area (Å²) in [6.45, 7) is 6.88. The van der Waals surface area contributed by atoms with Crippen LogP contribution in [0.3, 0.4) is 0 Å². The van der Waals surface area contributed by atoms with Crippen LogP contribution < -0.4 is 21.5 Å². The molecule has 0 unspecified atom stereocenters. The Kier molecular flexibility index (Phi) is 10.1. The van der Waals surface area contributed by atoms with Gasteiger partial charge in [-0.2, -0.15) is 0 Å². The van der Waals surface area contributed by atoms with E-state index in [1.807, 2.05) is 0 Å². The van der Waals surface area contributed by atoms with E-state index in [4.69, 9.17) is 0 Å². The third kappa shape index (κ3) is 7.55. The van der Waals surface area contributed by atoms with E-state index in [0.717, 1.165) is 30.5 Å². The van der Waals surface area contributed by atoms with E-state index >= 15 is 0 Å². The first-order valence-corrected chi connectivity index (χ1v) is 12.8. The van der Waals surface area contributed by atoms with Crippen molar-refractivity contribution in [3.05, 3.63) is 74.4 Å². The second-order valence-electron chi connectivity index (χ2n) is 9.07. The van der Waals surface area contributed by atoms with Gasteiger partial charge in [-0.1, -0.05) is 18.6 Å². The minimum Gasteiger partial charge on any atom is -0.465 e. The molecule has 0 aliphatic heterocycles. The fourth-order valence-electron chi connectivity index (χ4n) is 4.32. The standard InChI is InChI=1S/C28H36N4O5/c1-4-31(22-11-8-10-20(2)18-22)16-9-15-29-25(33)12-6-5-7-17-32-26(34)23-14-13-21(27(35)37-3)19-24(23)30-28(32)36/h8,10-11,13-14,18-19H,4-7,9,12,15-17H2,1-3H3,(H,29,33)(H,30,36). The number of ether oxygens (including phenoxy) is 1. The summed E-state index contributed by atoms with van der Waals surface area (Å²) in [5.74, 6) is -0.526. The molecule has 37 heavy (non-hydrogen) atoms. The number of nitrogens with zero attached hydrogens (tertiary/aromatic N) is 2. The summed E-state index contributed by atoms with van der Waals surface area (Å²) in [7, 11) is 1.27. The summed E-state index contributed by atoms with van der Waals surface area (Å²) in [5, 5.41) is 3.31. The van der Waals surface area contributed by atoms with Crippen molar-refractivity contribution >= 4 is 28.5 Å². The number of esters is 1. The zero-order valence-corrected chi connectivity index (χ0v) is 21.8. The van der Waals surface area contributed by atoms with Crippen LogP contribution >= 0.6 is 0 Å². The molecule has 0 saturated heterocycles. The van der Waals surface area contributed by atoms with Gasteiger partial charge in [0.1, 0.15) is 0 Å². The molecule has 0 fully saturated rings. The lowest BCUT2D eigenvalue weighted by Gasteiger charge is -2.23. The topological polar surface area (TPSA) is 114 Å². The van der Waals surface area contributed by atoms with Gasteiger partial charge in [-0.05, 0) is 69.0 Å². The van der Waals surface area contributed by atoms with Gasteiger partial charge >= 0.3 is 11.7 Å². The Morgan fingerprint density at radius 2 is 1.86 bits per heavy atom. The number of H-pyrrole nitrogens is 1. The number of amides is 1. The van der Waals surface area contributed by atoms with E-state index in [-0.39, 0.29) is 18.0 Å². The van der Waals surface area contributed by atoms with Gasteiger partial charge in [0.2, 0.25) is 5.91 Å². The van der Waals surface area contributed by atoms with Gasteiger partial charge in [0.25, 0.3) is 5.56 Å². The average molecular weight is 509 g/mol. The number of hydrogen-bond donors (Lipinski definition) is 2. The van der Waals surface area contributed by atoms with Crippen LogP contribution in [0.4, 0.5) is 5.69 Å². The molecule has 9 nitrogen and oxygen atoms in total. The summed E-state index contributed by atoms with van der Waals surface area (Å²) in [5.41, 5.74) is 2.06. The largest absolute Gasteiger partial charge is 0.465 e. The summed E-state index contributed by atoms with van der Waals surface area (Å²) < 4.78 is 5.84. The highest BCUT2D eigenvalue weighted by Gasteiger charge is 2.12. The number of rotatable bonds is 13. The van der Waals surface area contributed by atoms with Crippen LogP contribution in [0.15, 0.2) is 52.1 Å². The normalized spacial score (nSPS) is 10.9. The number of carbonyl (C=O) groups is 2. The molecule has 0 aliphatic carbocycles. The molecule has 0 bridgehead atoms. The van der Waals surface area contributed by atoms with Crippen molar-refractivity contribution in [2.24, 2.45) is 0 Å². The monoisotopic (exact) mass is 508 g/mol. The predicted molar refractivity (Wildman–Crippen MR) is 145 cm³/mol. The third-order valence-electron chi connectivity index (χ3n) is 6.36. The third-order valence-corrected chi connectivity index (χ3v) is 6.36. The second-order valence-corrected chi connectivity index (χ2v) is 9.07. The highest BCUT2D eigenvalue weighted by molar-refractivity contribution is 5.93. The van der Waals surface area contributed by atoms with Crippen LogP contribution in [0.5, 0.6) is 0 Å². The number of fused-ring (bicyclic) bond motifs is 1. The maximum atomic E-state index is 12.8. The van der Waals surface area contributed by atoms with Gasteiger partial charge in [-0.15, -0.1) is 0 Å². The Hall–Kier alpha value is -3.88. The maximum Gasteiger partial charge on any atom is 0.337 e. The van der Waals surface area contributed by atoms with Gasteiger partial charge in [-0.25, -0.2) is 9.59 Å². The molecule has 0 spiro atoms. The van der Waals surface area contributed by atoms with Crippen LogP contribution in [0.2, 0.25) is 0 Å². The molecule has 1 aromatic heterocycles. The molecule has 0 aliphatic rings. The number of carbonyl (C=O) groups excluding carboxylic acids is 2. The fourth-order valence-corrected chi connectivity index (χ4v) is 4.32. The van der Waals surface area contributed by atoms with Gasteiger partial charge < -0.3 is 19.9 Å². The van der Waals surface area contributed by atoms with Crippen molar-refractivity contribution in [2.45, 2.75) is 52.5 Å². The van der Waals surface area contributed by atoms with Crippen LogP contribution in [0.1, 0.15) is 54.9 Å². The quantitative estimate of drug-likeness (QED) is 0.270. The van der Waals surface area contributed by atoms with E-state index in [0.29, 0.717) is 36.7 Å². The first-order chi connectivity index (χ1) is 17.8. The number of nitrogens with one attached hydrogen (secondary N) is 2. The van der Waals surface area contributed by atoms with Crippen molar-refractivity contribution in [1.29, 1.82) is 0 Å². The molecule has 2 aromatic carbocycles. The van der Waals surface area contributed by atoms with E-state index in [9.17, 15) is 19.2 Å². The Balaban J connectivity index is 1.39. The van der Waals surface area contributed by atoms with Crippen LogP contribution in [-0.2, 0) is 16.1 Å². The van der Waals surface area contributed by atoms with Crippen molar-refractivity contribution < 1.29 is 14.3 Å². The van der Waals surface area contributed by atoms with E-state index < -0.39 is 17.2 Å². The number of unbranched alkanes of at least 4 members (excludes halogenated alkanes) is 2. The Morgan fingerprint density at radius 3 is 2.59 bits per heavy atom. The zero-order chi connectivity index (χ0) is 26.8. The van der Waals surface area contributed by atoms with Gasteiger partial charge in [0, 0.05) is 38.3 Å². The van der Waals surface area contributed by atoms with E-state index in [1.54, 1.807) is 0 Å². The lowest BCUT2D eigenvalue weighted by molar-refractivity contribution is -0.121. The molecule has 198 valence electrons. The summed E-state index contributed by atoms with van der Waals surface area (Å²) >= 11 is 0. The Bertz CT molecular complexity index is 1340. The number of anilines is 1. The highest BCUT2D eigenvalue weighted by atomic mass is 16.5. The predicted octanol–water partition coefficient (Wildman–Crippen LogP) is 3.38. The molecule has 2 N–H and O–H groups in total. The average Bonchev–Trinajstić information content (AvgIpc) is 2.89. The molecule has 0 saturated carbocycles. The number of aryl methyl sites for hydroxylation is 1. The zero-order valence-electron chi connectivity index (χ0n) is 21.8. The lowest BCUT2D eigenvalue weighted by Crippen LogP contribution is -2.35. The minimum atomic E-state index is -0.541. The molecule has 9 heteroatoms. The van der Waals surface area contributed by atoms with Crippen LogP contribution in [-0.4, -0.2) is 48.2 Å². The fraction of sp³-hybridized carbons (Fsp3) is 0.429. The Morgan fingerprint density at radius 1 is 1.05 bits per heavy atom. The smallest absolute Gasteiger partial charge is 0.337 e. The Labute approximate surface area is 216 Å². The second kappa shape index (κ2) is 13.4. The van der Waals surface area contributed by atoms with Crippen molar-refractivity contribution in [3.8, 4) is 0 Å². The first-order valence-electron chi connectivity index (χ1n) is 12.8. The molecular formula is C28H36N4O5. The molecule has 0 radical (unpaired) electrons. The molecule has 3 rings (SSSR count).